The van der Waals surface area contributed by atoms with Crippen molar-refractivity contribution in [3.05, 3.63) is 77.7 Å². The molecular formula is C29H27N7O3S. The first-order valence-electron chi connectivity index (χ1n) is 13.1. The summed E-state index contributed by atoms with van der Waals surface area (Å²) in [5, 5.41) is 8.41. The number of hydrogen-bond donors (Lipinski definition) is 0. The van der Waals surface area contributed by atoms with Crippen LogP contribution < -0.4 is 19.3 Å². The highest BCUT2D eigenvalue weighted by atomic mass is 32.1. The van der Waals surface area contributed by atoms with Gasteiger partial charge in [0, 0.05) is 49.9 Å². The van der Waals surface area contributed by atoms with Gasteiger partial charge >= 0.3 is 0 Å². The number of piperazine rings is 1. The predicted octanol–water partition coefficient (Wildman–Crippen LogP) is 5.22. The summed E-state index contributed by atoms with van der Waals surface area (Å²) in [5.74, 6) is 2.98. The second-order valence-corrected chi connectivity index (χ2v) is 10.5. The van der Waals surface area contributed by atoms with Crippen LogP contribution in [-0.2, 0) is 6.61 Å². The highest BCUT2D eigenvalue weighted by molar-refractivity contribution is 7.13. The Balaban J connectivity index is 1.07. The van der Waals surface area contributed by atoms with E-state index >= 15 is 0 Å². The van der Waals surface area contributed by atoms with Gasteiger partial charge in [-0.15, -0.1) is 11.3 Å². The van der Waals surface area contributed by atoms with Gasteiger partial charge in [0.25, 0.3) is 0 Å². The van der Waals surface area contributed by atoms with Crippen LogP contribution in [0.1, 0.15) is 11.4 Å². The molecule has 10 nitrogen and oxygen atoms in total. The second kappa shape index (κ2) is 10.2. The van der Waals surface area contributed by atoms with E-state index < -0.39 is 0 Å². The maximum atomic E-state index is 6.28. The topological polar surface area (TPSA) is 94.1 Å². The Kier molecular flexibility index (Phi) is 6.20. The van der Waals surface area contributed by atoms with Gasteiger partial charge in [-0.05, 0) is 37.3 Å². The molecule has 6 aromatic rings. The van der Waals surface area contributed by atoms with Crippen LogP contribution in [0.15, 0.2) is 70.7 Å². The smallest absolute Gasteiger partial charge is 0.185 e. The van der Waals surface area contributed by atoms with E-state index in [1.165, 1.54) is 0 Å². The molecule has 40 heavy (non-hydrogen) atoms. The molecule has 0 saturated carbocycles. The average Bonchev–Trinajstić information content (AvgIpc) is 3.74. The number of aryl methyl sites for hydroxylation is 1. The second-order valence-electron chi connectivity index (χ2n) is 9.62. The van der Waals surface area contributed by atoms with Crippen molar-refractivity contribution in [3.63, 3.8) is 0 Å². The van der Waals surface area contributed by atoms with Gasteiger partial charge in [0.2, 0.25) is 0 Å². The van der Waals surface area contributed by atoms with Crippen molar-refractivity contribution >= 4 is 38.9 Å². The number of anilines is 2. The van der Waals surface area contributed by atoms with E-state index in [1.807, 2.05) is 61.8 Å². The molecule has 7 rings (SSSR count). The molecule has 0 aliphatic carbocycles. The van der Waals surface area contributed by atoms with Crippen molar-refractivity contribution in [3.8, 4) is 23.0 Å². The van der Waals surface area contributed by atoms with Crippen molar-refractivity contribution in [2.75, 3.05) is 43.1 Å². The minimum absolute atomic E-state index is 0.338. The van der Waals surface area contributed by atoms with Crippen LogP contribution in [0.5, 0.6) is 11.5 Å². The lowest BCUT2D eigenvalue weighted by Gasteiger charge is -2.35. The number of ether oxygens (including phenoxy) is 2. The molecule has 1 aliphatic rings. The maximum Gasteiger partial charge on any atom is 0.185 e. The molecule has 5 aromatic heterocycles. The number of nitrogens with zero attached hydrogens (tertiary/aromatic N) is 7. The molecule has 0 unspecified atom stereocenters. The molecule has 0 bridgehead atoms. The fourth-order valence-corrected chi connectivity index (χ4v) is 5.73. The van der Waals surface area contributed by atoms with E-state index in [2.05, 4.69) is 36.3 Å². The van der Waals surface area contributed by atoms with Crippen molar-refractivity contribution in [1.82, 2.24) is 24.6 Å². The van der Waals surface area contributed by atoms with E-state index in [0.717, 1.165) is 59.5 Å². The predicted molar refractivity (Wildman–Crippen MR) is 155 cm³/mol. The summed E-state index contributed by atoms with van der Waals surface area (Å²) in [4.78, 5) is 18.6. The van der Waals surface area contributed by atoms with Gasteiger partial charge in [0.15, 0.2) is 16.5 Å². The van der Waals surface area contributed by atoms with Crippen LogP contribution >= 0.6 is 11.3 Å². The van der Waals surface area contributed by atoms with Gasteiger partial charge in [-0.2, -0.15) is 5.10 Å². The van der Waals surface area contributed by atoms with Gasteiger partial charge in [0.05, 0.1) is 30.1 Å². The summed E-state index contributed by atoms with van der Waals surface area (Å²) in [6.45, 7) is 5.91. The van der Waals surface area contributed by atoms with Gasteiger partial charge in [0.1, 0.15) is 35.2 Å². The van der Waals surface area contributed by atoms with Crippen LogP contribution in [0.4, 0.5) is 10.9 Å². The van der Waals surface area contributed by atoms with E-state index in [9.17, 15) is 0 Å². The number of methoxy groups -OCH3 is 1. The molecule has 0 atom stereocenters. The van der Waals surface area contributed by atoms with Crippen molar-refractivity contribution in [2.24, 2.45) is 0 Å². The van der Waals surface area contributed by atoms with Gasteiger partial charge in [-0.3, -0.25) is 0 Å². The molecule has 1 fully saturated rings. The largest absolute Gasteiger partial charge is 0.496 e. The molecule has 1 aliphatic heterocycles. The summed E-state index contributed by atoms with van der Waals surface area (Å²) in [5.41, 5.74) is 3.92. The van der Waals surface area contributed by atoms with Gasteiger partial charge < -0.3 is 23.7 Å². The summed E-state index contributed by atoms with van der Waals surface area (Å²) in [7, 11) is 1.63. The Bertz CT molecular complexity index is 1790. The number of rotatable bonds is 7. The molecule has 0 amide bonds. The molecule has 11 heteroatoms. The van der Waals surface area contributed by atoms with E-state index in [1.54, 1.807) is 23.0 Å². The molecule has 202 valence electrons. The zero-order chi connectivity index (χ0) is 27.1. The lowest BCUT2D eigenvalue weighted by molar-refractivity contribution is 0.303. The Morgan fingerprint density at radius 3 is 2.70 bits per heavy atom. The number of imidazole rings is 1. The normalized spacial score (nSPS) is 13.8. The third-order valence-electron chi connectivity index (χ3n) is 6.95. The first-order valence-corrected chi connectivity index (χ1v) is 13.9. The number of pyridine rings is 1. The molecule has 1 saturated heterocycles. The number of furan rings is 1. The fraction of sp³-hybridized carbons (Fsp3) is 0.241. The molecule has 1 aromatic carbocycles. The van der Waals surface area contributed by atoms with Gasteiger partial charge in [-0.1, -0.05) is 6.07 Å². The lowest BCUT2D eigenvalue weighted by atomic mass is 10.2. The zero-order valence-electron chi connectivity index (χ0n) is 22.1. The first-order chi connectivity index (χ1) is 19.6. The van der Waals surface area contributed by atoms with Crippen LogP contribution in [0, 0.1) is 6.92 Å². The zero-order valence-corrected chi connectivity index (χ0v) is 23.0. The number of thiazole rings is 1. The van der Waals surface area contributed by atoms with Crippen molar-refractivity contribution in [2.45, 2.75) is 13.5 Å². The van der Waals surface area contributed by atoms with Crippen LogP contribution in [0.25, 0.3) is 28.1 Å². The summed E-state index contributed by atoms with van der Waals surface area (Å²) >= 11 is 1.64. The Hall–Kier alpha value is -4.64. The van der Waals surface area contributed by atoms with Crippen LogP contribution in [0.2, 0.25) is 0 Å². The SMILES string of the molecule is COc1cc(OCc2csc(N3CCN(c4ccccn4)CC3)n2)c2cc(-c3cn4nc(C)ccc4n3)oc2c1. The number of hydrogen-bond acceptors (Lipinski definition) is 10. The van der Waals surface area contributed by atoms with Crippen molar-refractivity contribution in [1.29, 1.82) is 0 Å². The van der Waals surface area contributed by atoms with E-state index in [-0.39, 0.29) is 0 Å². The minimum Gasteiger partial charge on any atom is -0.496 e. The van der Waals surface area contributed by atoms with Crippen LogP contribution in [0.3, 0.4) is 0 Å². The highest BCUT2D eigenvalue weighted by Crippen LogP contribution is 2.37. The highest BCUT2D eigenvalue weighted by Gasteiger charge is 2.21. The minimum atomic E-state index is 0.338. The number of benzene rings is 1. The Morgan fingerprint density at radius 1 is 1.00 bits per heavy atom. The number of fused-ring (bicyclic) bond motifs is 2. The quantitative estimate of drug-likeness (QED) is 0.264. The van der Waals surface area contributed by atoms with Crippen molar-refractivity contribution < 1.29 is 13.9 Å². The summed E-state index contributed by atoms with van der Waals surface area (Å²) < 4.78 is 19.7. The lowest BCUT2D eigenvalue weighted by Crippen LogP contribution is -2.46. The number of aromatic nitrogens is 5. The van der Waals surface area contributed by atoms with E-state index in [4.69, 9.17) is 18.9 Å². The monoisotopic (exact) mass is 553 g/mol. The Labute approximate surface area is 234 Å². The summed E-state index contributed by atoms with van der Waals surface area (Å²) in [6.07, 6.45) is 3.71. The first kappa shape index (κ1) is 24.4. The molecular weight excluding hydrogens is 526 g/mol. The average molecular weight is 554 g/mol. The third-order valence-corrected chi connectivity index (χ3v) is 7.90. The van der Waals surface area contributed by atoms with Gasteiger partial charge in [-0.25, -0.2) is 19.5 Å². The molecule has 0 spiro atoms. The standard InChI is InChI=1S/C29H27N7O3S/c1-19-6-7-28-32-23(16-36(28)33-19)26-15-22-24(13-21(37-2)14-25(22)39-26)38-17-20-18-40-29(31-20)35-11-9-34(10-12-35)27-5-3-4-8-30-27/h3-8,13-16,18H,9-12,17H2,1-2H3. The van der Waals surface area contributed by atoms with Crippen LogP contribution in [-0.4, -0.2) is 57.9 Å². The third kappa shape index (κ3) is 4.68. The fourth-order valence-electron chi connectivity index (χ4n) is 4.87. The summed E-state index contributed by atoms with van der Waals surface area (Å²) in [6, 6.07) is 15.6. The molecule has 6 heterocycles. The molecule has 0 N–H and O–H groups in total. The maximum absolute atomic E-state index is 6.28. The Morgan fingerprint density at radius 2 is 1.88 bits per heavy atom. The van der Waals surface area contributed by atoms with E-state index in [0.29, 0.717) is 35.1 Å². The molecule has 0 radical (unpaired) electrons.